The summed E-state index contributed by atoms with van der Waals surface area (Å²) in [5.74, 6) is 0.832. The summed E-state index contributed by atoms with van der Waals surface area (Å²) in [5.41, 5.74) is 1.37. The number of methoxy groups -OCH3 is 1. The normalized spacial score (nSPS) is 20.3. The van der Waals surface area contributed by atoms with Gasteiger partial charge in [0, 0.05) is 31.6 Å². The Morgan fingerprint density at radius 3 is 2.60 bits per heavy atom. The molecule has 1 aliphatic heterocycles. The Labute approximate surface area is 148 Å². The summed E-state index contributed by atoms with van der Waals surface area (Å²) < 4.78 is 11.8. The second-order valence-corrected chi connectivity index (χ2v) is 6.56. The first-order valence-corrected chi connectivity index (χ1v) is 8.56. The lowest BCUT2D eigenvalue weighted by molar-refractivity contribution is -0.0824. The van der Waals surface area contributed by atoms with Crippen LogP contribution in [0.3, 0.4) is 0 Å². The minimum Gasteiger partial charge on any atom is -0.491 e. The summed E-state index contributed by atoms with van der Waals surface area (Å²) in [5, 5.41) is 0. The third-order valence-electron chi connectivity index (χ3n) is 4.71. The van der Waals surface area contributed by atoms with Gasteiger partial charge in [-0.05, 0) is 44.0 Å². The minimum absolute atomic E-state index is 0.0128. The predicted octanol–water partition coefficient (Wildman–Crippen LogP) is 3.09. The number of amides is 1. The molecule has 5 heteroatoms. The van der Waals surface area contributed by atoms with Crippen molar-refractivity contribution in [2.45, 2.75) is 25.4 Å². The molecule has 3 rings (SSSR count). The molecule has 0 bridgehead atoms. The van der Waals surface area contributed by atoms with E-state index in [4.69, 9.17) is 9.47 Å². The van der Waals surface area contributed by atoms with Crippen LogP contribution in [0.25, 0.3) is 0 Å². The van der Waals surface area contributed by atoms with Crippen LogP contribution in [0.5, 0.6) is 5.75 Å². The molecule has 0 saturated carbocycles. The molecule has 1 saturated heterocycles. The number of rotatable bonds is 5. The monoisotopic (exact) mass is 340 g/mol. The number of ether oxygens (including phenoxy) is 2. The molecule has 1 fully saturated rings. The lowest BCUT2D eigenvalue weighted by Gasteiger charge is -2.41. The summed E-state index contributed by atoms with van der Waals surface area (Å²) in [6.45, 7) is 3.73. The van der Waals surface area contributed by atoms with Crippen LogP contribution in [0.2, 0.25) is 0 Å². The second-order valence-electron chi connectivity index (χ2n) is 6.56. The van der Waals surface area contributed by atoms with E-state index in [0.29, 0.717) is 18.7 Å². The number of likely N-dealkylation sites (tertiary alicyclic amines) is 1. The highest BCUT2D eigenvalue weighted by Crippen LogP contribution is 2.27. The number of aryl methyl sites for hydroxylation is 1. The first-order chi connectivity index (χ1) is 12.1. The highest BCUT2D eigenvalue weighted by atomic mass is 16.5. The number of piperidine rings is 1. The topological polar surface area (TPSA) is 51.7 Å². The number of carbonyl (C=O) groups excluding carboxylic acids is 1. The van der Waals surface area contributed by atoms with Crippen molar-refractivity contribution < 1.29 is 14.3 Å². The molecular formula is C20H24N2O3. The highest BCUT2D eigenvalue weighted by molar-refractivity contribution is 5.94. The van der Waals surface area contributed by atoms with Gasteiger partial charge in [-0.25, -0.2) is 0 Å². The standard InChI is InChI=1S/C20H24N2O3/c1-16-4-6-18(7-5-16)25-15-20(24-2)10-3-13-22(14-20)19(23)17-8-11-21-12-9-17/h4-9,11-12H,3,10,13-15H2,1-2H3/t20-/m1/s1. The van der Waals surface area contributed by atoms with Gasteiger partial charge in [-0.2, -0.15) is 0 Å². The third-order valence-corrected chi connectivity index (χ3v) is 4.71. The molecular weight excluding hydrogens is 316 g/mol. The number of nitrogens with zero attached hydrogens (tertiary/aromatic N) is 2. The fourth-order valence-electron chi connectivity index (χ4n) is 3.14. The summed E-state index contributed by atoms with van der Waals surface area (Å²) in [7, 11) is 1.69. The number of carbonyl (C=O) groups is 1. The predicted molar refractivity (Wildman–Crippen MR) is 95.8 cm³/mol. The van der Waals surface area contributed by atoms with Gasteiger partial charge in [-0.15, -0.1) is 0 Å². The van der Waals surface area contributed by atoms with Crippen molar-refractivity contribution in [2.75, 3.05) is 26.8 Å². The fourth-order valence-corrected chi connectivity index (χ4v) is 3.14. The van der Waals surface area contributed by atoms with Crippen LogP contribution in [0.1, 0.15) is 28.8 Å². The molecule has 0 unspecified atom stereocenters. The zero-order valence-electron chi connectivity index (χ0n) is 14.8. The minimum atomic E-state index is -0.480. The first kappa shape index (κ1) is 17.4. The number of aromatic nitrogens is 1. The van der Waals surface area contributed by atoms with Gasteiger partial charge >= 0.3 is 0 Å². The van der Waals surface area contributed by atoms with Gasteiger partial charge < -0.3 is 14.4 Å². The largest absolute Gasteiger partial charge is 0.491 e. The van der Waals surface area contributed by atoms with Crippen LogP contribution < -0.4 is 4.74 Å². The van der Waals surface area contributed by atoms with Crippen LogP contribution in [-0.2, 0) is 4.74 Å². The molecule has 1 aromatic carbocycles. The van der Waals surface area contributed by atoms with E-state index in [-0.39, 0.29) is 5.91 Å². The quantitative estimate of drug-likeness (QED) is 0.839. The zero-order valence-corrected chi connectivity index (χ0v) is 14.8. The van der Waals surface area contributed by atoms with E-state index < -0.39 is 5.60 Å². The molecule has 1 aromatic heterocycles. The smallest absolute Gasteiger partial charge is 0.254 e. The van der Waals surface area contributed by atoms with E-state index in [1.165, 1.54) is 5.56 Å². The van der Waals surface area contributed by atoms with Crippen LogP contribution in [0.15, 0.2) is 48.8 Å². The Hall–Kier alpha value is -2.40. The molecule has 1 aliphatic rings. The molecule has 0 aliphatic carbocycles. The summed E-state index contributed by atoms with van der Waals surface area (Å²) >= 11 is 0. The molecule has 5 nitrogen and oxygen atoms in total. The molecule has 2 aromatic rings. The molecule has 0 N–H and O–H groups in total. The highest BCUT2D eigenvalue weighted by Gasteiger charge is 2.38. The Bertz CT molecular complexity index is 703. The SMILES string of the molecule is CO[C@]1(COc2ccc(C)cc2)CCCN(C(=O)c2ccncc2)C1. The Balaban J connectivity index is 1.68. The van der Waals surface area contributed by atoms with Crippen molar-refractivity contribution in [3.05, 3.63) is 59.9 Å². The molecule has 1 amide bonds. The van der Waals surface area contributed by atoms with E-state index >= 15 is 0 Å². The van der Waals surface area contributed by atoms with Gasteiger partial charge in [0.2, 0.25) is 0 Å². The number of pyridine rings is 1. The fraction of sp³-hybridized carbons (Fsp3) is 0.400. The second kappa shape index (κ2) is 7.66. The Morgan fingerprint density at radius 1 is 1.20 bits per heavy atom. The lowest BCUT2D eigenvalue weighted by atomic mass is 9.93. The number of benzene rings is 1. The van der Waals surface area contributed by atoms with E-state index in [1.54, 1.807) is 31.6 Å². The van der Waals surface area contributed by atoms with Gasteiger partial charge in [0.25, 0.3) is 5.91 Å². The maximum atomic E-state index is 12.7. The van der Waals surface area contributed by atoms with Gasteiger partial charge in [-0.1, -0.05) is 17.7 Å². The van der Waals surface area contributed by atoms with E-state index in [9.17, 15) is 4.79 Å². The van der Waals surface area contributed by atoms with Gasteiger partial charge in [-0.3, -0.25) is 9.78 Å². The van der Waals surface area contributed by atoms with Crippen LogP contribution in [0.4, 0.5) is 0 Å². The number of hydrogen-bond donors (Lipinski definition) is 0. The van der Waals surface area contributed by atoms with E-state index in [1.807, 2.05) is 36.1 Å². The molecule has 132 valence electrons. The van der Waals surface area contributed by atoms with E-state index in [0.717, 1.165) is 25.1 Å². The van der Waals surface area contributed by atoms with Gasteiger partial charge in [0.05, 0.1) is 6.54 Å². The van der Waals surface area contributed by atoms with Crippen LogP contribution in [0, 0.1) is 6.92 Å². The zero-order chi connectivity index (χ0) is 17.7. The summed E-state index contributed by atoms with van der Waals surface area (Å²) in [6.07, 6.45) is 5.04. The average Bonchev–Trinajstić information content (AvgIpc) is 2.68. The van der Waals surface area contributed by atoms with Crippen molar-refractivity contribution in [2.24, 2.45) is 0 Å². The van der Waals surface area contributed by atoms with Crippen LogP contribution in [-0.4, -0.2) is 48.2 Å². The van der Waals surface area contributed by atoms with Crippen molar-refractivity contribution in [1.29, 1.82) is 0 Å². The lowest BCUT2D eigenvalue weighted by Crippen LogP contribution is -2.54. The van der Waals surface area contributed by atoms with Gasteiger partial charge in [0.1, 0.15) is 18.0 Å². The third kappa shape index (κ3) is 4.17. The number of hydrogen-bond acceptors (Lipinski definition) is 4. The maximum absolute atomic E-state index is 12.7. The van der Waals surface area contributed by atoms with Crippen molar-refractivity contribution in [3.8, 4) is 5.75 Å². The molecule has 0 spiro atoms. The van der Waals surface area contributed by atoms with Crippen LogP contribution >= 0.6 is 0 Å². The average molecular weight is 340 g/mol. The summed E-state index contributed by atoms with van der Waals surface area (Å²) in [6, 6.07) is 11.5. The summed E-state index contributed by atoms with van der Waals surface area (Å²) in [4.78, 5) is 18.5. The molecule has 2 heterocycles. The van der Waals surface area contributed by atoms with E-state index in [2.05, 4.69) is 4.98 Å². The first-order valence-electron chi connectivity index (χ1n) is 8.56. The molecule has 1 atom stereocenters. The Morgan fingerprint density at radius 2 is 1.92 bits per heavy atom. The maximum Gasteiger partial charge on any atom is 0.254 e. The molecule has 0 radical (unpaired) electrons. The van der Waals surface area contributed by atoms with Crippen molar-refractivity contribution in [1.82, 2.24) is 9.88 Å². The van der Waals surface area contributed by atoms with Crippen molar-refractivity contribution in [3.63, 3.8) is 0 Å². The van der Waals surface area contributed by atoms with Crippen molar-refractivity contribution >= 4 is 5.91 Å². The molecule has 25 heavy (non-hydrogen) atoms. The Kier molecular flexibility index (Phi) is 5.34. The van der Waals surface area contributed by atoms with Gasteiger partial charge in [0.15, 0.2) is 0 Å².